The standard InChI is InChI=1S/C20H24O2S/c1-2-3-4-7-13-23-17-12-8-11-16-18(17)20(22)15-10-6-5-9-14(15)19(16)21/h5-6,8-10,12,17,21-22H,2-4,7,11,13H2,1H3. The monoisotopic (exact) mass is 328 g/mol. The number of unbranched alkanes of at least 4 members (excludes halogenated alkanes) is 3. The minimum atomic E-state index is 0.135. The Labute approximate surface area is 142 Å². The Hall–Kier alpha value is -1.61. The van der Waals surface area contributed by atoms with Crippen LogP contribution in [0.4, 0.5) is 0 Å². The fourth-order valence-electron chi connectivity index (χ4n) is 3.27. The van der Waals surface area contributed by atoms with Crippen LogP contribution in [0, 0.1) is 0 Å². The van der Waals surface area contributed by atoms with E-state index in [4.69, 9.17) is 0 Å². The molecular weight excluding hydrogens is 304 g/mol. The third kappa shape index (κ3) is 3.20. The van der Waals surface area contributed by atoms with E-state index in [9.17, 15) is 10.2 Å². The number of phenolic OH excluding ortho intramolecular Hbond substituents is 2. The van der Waals surface area contributed by atoms with E-state index in [1.54, 1.807) is 0 Å². The fraction of sp³-hybridized carbons (Fsp3) is 0.400. The Morgan fingerprint density at radius 2 is 1.78 bits per heavy atom. The summed E-state index contributed by atoms with van der Waals surface area (Å²) in [5.41, 5.74) is 1.79. The minimum Gasteiger partial charge on any atom is -0.507 e. The van der Waals surface area contributed by atoms with Gasteiger partial charge in [0, 0.05) is 21.9 Å². The van der Waals surface area contributed by atoms with Crippen LogP contribution in [-0.2, 0) is 6.42 Å². The number of fused-ring (bicyclic) bond motifs is 2. The Balaban J connectivity index is 1.90. The predicted molar refractivity (Wildman–Crippen MR) is 99.5 cm³/mol. The van der Waals surface area contributed by atoms with E-state index in [1.165, 1.54) is 25.7 Å². The van der Waals surface area contributed by atoms with E-state index in [1.807, 2.05) is 36.0 Å². The molecule has 1 atom stereocenters. The molecule has 1 unspecified atom stereocenters. The highest BCUT2D eigenvalue weighted by molar-refractivity contribution is 7.99. The van der Waals surface area contributed by atoms with E-state index in [-0.39, 0.29) is 5.25 Å². The summed E-state index contributed by atoms with van der Waals surface area (Å²) in [6.45, 7) is 2.22. The van der Waals surface area contributed by atoms with Crippen molar-refractivity contribution in [2.45, 2.75) is 44.3 Å². The second kappa shape index (κ2) is 7.31. The molecule has 0 bridgehead atoms. The normalized spacial score (nSPS) is 16.7. The maximum atomic E-state index is 10.8. The molecule has 0 saturated heterocycles. The van der Waals surface area contributed by atoms with E-state index in [0.717, 1.165) is 27.7 Å². The molecule has 0 radical (unpaired) electrons. The highest BCUT2D eigenvalue weighted by Gasteiger charge is 2.25. The quantitative estimate of drug-likeness (QED) is 0.405. The van der Waals surface area contributed by atoms with Crippen LogP contribution in [0.25, 0.3) is 10.8 Å². The molecule has 0 heterocycles. The van der Waals surface area contributed by atoms with Gasteiger partial charge in [0.15, 0.2) is 0 Å². The molecule has 0 aromatic heterocycles. The van der Waals surface area contributed by atoms with Crippen LogP contribution in [-0.4, -0.2) is 16.0 Å². The van der Waals surface area contributed by atoms with E-state index in [2.05, 4.69) is 19.1 Å². The highest BCUT2D eigenvalue weighted by atomic mass is 32.2. The SMILES string of the molecule is CCCCCCSC1C=CCc2c1c(O)c1ccccc1c2O. The number of phenols is 2. The molecule has 0 saturated carbocycles. The highest BCUT2D eigenvalue weighted by Crippen LogP contribution is 2.48. The average molecular weight is 328 g/mol. The molecule has 0 fully saturated rings. The molecular formula is C20H24O2S. The van der Waals surface area contributed by atoms with Crippen molar-refractivity contribution in [1.29, 1.82) is 0 Å². The van der Waals surface area contributed by atoms with Crippen LogP contribution in [0.1, 0.15) is 49.0 Å². The largest absolute Gasteiger partial charge is 0.507 e. The number of rotatable bonds is 6. The van der Waals surface area contributed by atoms with Crippen LogP contribution in [0.3, 0.4) is 0 Å². The van der Waals surface area contributed by atoms with Gasteiger partial charge in [-0.3, -0.25) is 0 Å². The smallest absolute Gasteiger partial charge is 0.128 e. The zero-order valence-corrected chi connectivity index (χ0v) is 14.4. The number of hydrogen-bond donors (Lipinski definition) is 2. The van der Waals surface area contributed by atoms with Crippen molar-refractivity contribution in [3.63, 3.8) is 0 Å². The number of aromatic hydroxyl groups is 2. The van der Waals surface area contributed by atoms with Crippen molar-refractivity contribution in [3.8, 4) is 11.5 Å². The first-order valence-electron chi connectivity index (χ1n) is 8.47. The third-order valence-electron chi connectivity index (χ3n) is 4.52. The van der Waals surface area contributed by atoms with Gasteiger partial charge in [-0.2, -0.15) is 0 Å². The van der Waals surface area contributed by atoms with Gasteiger partial charge >= 0.3 is 0 Å². The lowest BCUT2D eigenvalue weighted by molar-refractivity contribution is 0.459. The number of hydrogen-bond acceptors (Lipinski definition) is 3. The van der Waals surface area contributed by atoms with Gasteiger partial charge in [-0.25, -0.2) is 0 Å². The van der Waals surface area contributed by atoms with Gasteiger partial charge in [0.1, 0.15) is 11.5 Å². The molecule has 1 aliphatic carbocycles. The summed E-state index contributed by atoms with van der Waals surface area (Å²) in [6, 6.07) is 7.55. The number of benzene rings is 2. The van der Waals surface area contributed by atoms with Gasteiger partial charge in [-0.15, -0.1) is 11.8 Å². The van der Waals surface area contributed by atoms with Crippen LogP contribution in [0.2, 0.25) is 0 Å². The van der Waals surface area contributed by atoms with Crippen molar-refractivity contribution in [2.24, 2.45) is 0 Å². The molecule has 3 rings (SSSR count). The zero-order valence-electron chi connectivity index (χ0n) is 13.6. The molecule has 0 spiro atoms. The topological polar surface area (TPSA) is 40.5 Å². The summed E-state index contributed by atoms with van der Waals surface area (Å²) in [5, 5.41) is 23.0. The molecule has 0 aliphatic heterocycles. The van der Waals surface area contributed by atoms with Crippen molar-refractivity contribution >= 4 is 22.5 Å². The molecule has 2 N–H and O–H groups in total. The minimum absolute atomic E-state index is 0.135. The zero-order chi connectivity index (χ0) is 16.2. The molecule has 23 heavy (non-hydrogen) atoms. The first-order chi connectivity index (χ1) is 11.2. The molecule has 2 nitrogen and oxygen atoms in total. The lowest BCUT2D eigenvalue weighted by atomic mass is 9.90. The molecule has 2 aromatic rings. The van der Waals surface area contributed by atoms with Crippen molar-refractivity contribution < 1.29 is 10.2 Å². The number of thioether (sulfide) groups is 1. The van der Waals surface area contributed by atoms with Gasteiger partial charge in [0.05, 0.1) is 5.25 Å². The van der Waals surface area contributed by atoms with Crippen molar-refractivity contribution in [3.05, 3.63) is 47.5 Å². The second-order valence-corrected chi connectivity index (χ2v) is 7.37. The van der Waals surface area contributed by atoms with Crippen LogP contribution in [0.5, 0.6) is 11.5 Å². The van der Waals surface area contributed by atoms with Gasteiger partial charge in [0.25, 0.3) is 0 Å². The van der Waals surface area contributed by atoms with Crippen molar-refractivity contribution in [2.75, 3.05) is 5.75 Å². The van der Waals surface area contributed by atoms with Gasteiger partial charge in [-0.1, -0.05) is 62.6 Å². The first-order valence-corrected chi connectivity index (χ1v) is 9.52. The van der Waals surface area contributed by atoms with E-state index >= 15 is 0 Å². The molecule has 1 aliphatic rings. The molecule has 3 heteroatoms. The summed E-state index contributed by atoms with van der Waals surface area (Å²) in [7, 11) is 0. The summed E-state index contributed by atoms with van der Waals surface area (Å²) in [5.74, 6) is 1.75. The van der Waals surface area contributed by atoms with Crippen LogP contribution < -0.4 is 0 Å². The summed E-state index contributed by atoms with van der Waals surface area (Å²) in [6.07, 6.45) is 9.97. The Morgan fingerprint density at radius 3 is 2.52 bits per heavy atom. The lowest BCUT2D eigenvalue weighted by Crippen LogP contribution is -2.04. The van der Waals surface area contributed by atoms with E-state index in [0.29, 0.717) is 17.9 Å². The second-order valence-electron chi connectivity index (χ2n) is 6.12. The maximum Gasteiger partial charge on any atom is 0.128 e. The maximum absolute atomic E-state index is 10.8. The van der Waals surface area contributed by atoms with Gasteiger partial charge < -0.3 is 10.2 Å². The summed E-state index contributed by atoms with van der Waals surface area (Å²) >= 11 is 1.86. The first kappa shape index (κ1) is 16.3. The fourth-order valence-corrected chi connectivity index (χ4v) is 4.54. The van der Waals surface area contributed by atoms with Crippen molar-refractivity contribution in [1.82, 2.24) is 0 Å². The Morgan fingerprint density at radius 1 is 1.04 bits per heavy atom. The van der Waals surface area contributed by atoms with E-state index < -0.39 is 0 Å². The van der Waals surface area contributed by atoms with Gasteiger partial charge in [0.2, 0.25) is 0 Å². The van der Waals surface area contributed by atoms with Gasteiger partial charge in [-0.05, 0) is 18.6 Å². The lowest BCUT2D eigenvalue weighted by Gasteiger charge is -2.24. The predicted octanol–water partition coefficient (Wildman–Crippen LogP) is 5.72. The average Bonchev–Trinajstić information content (AvgIpc) is 2.59. The Bertz CT molecular complexity index is 721. The number of allylic oxidation sites excluding steroid dienone is 1. The summed E-state index contributed by atoms with van der Waals surface area (Å²) < 4.78 is 0. The van der Waals surface area contributed by atoms with Crippen LogP contribution in [0.15, 0.2) is 36.4 Å². The third-order valence-corrected chi connectivity index (χ3v) is 5.79. The molecule has 2 aromatic carbocycles. The molecule has 0 amide bonds. The summed E-state index contributed by atoms with van der Waals surface area (Å²) in [4.78, 5) is 0. The van der Waals surface area contributed by atoms with Crippen LogP contribution >= 0.6 is 11.8 Å². The Kier molecular flexibility index (Phi) is 5.16. The molecule has 122 valence electrons.